The van der Waals surface area contributed by atoms with Crippen LogP contribution in [0.2, 0.25) is 5.15 Å². The van der Waals surface area contributed by atoms with Gasteiger partial charge in [-0.2, -0.15) is 0 Å². The predicted molar refractivity (Wildman–Crippen MR) is 80.9 cm³/mol. The van der Waals surface area contributed by atoms with Crippen LogP contribution in [0.3, 0.4) is 0 Å². The van der Waals surface area contributed by atoms with Crippen molar-refractivity contribution in [2.45, 2.75) is 26.2 Å². The summed E-state index contributed by atoms with van der Waals surface area (Å²) in [6, 6.07) is 3.23. The average Bonchev–Trinajstić information content (AvgIpc) is 2.45. The number of carbonyl (C=O) groups is 1. The molecular weight excluding hydrogens is 294 g/mol. The van der Waals surface area contributed by atoms with E-state index in [9.17, 15) is 4.79 Å². The first-order valence-electron chi connectivity index (χ1n) is 6.96. The van der Waals surface area contributed by atoms with E-state index in [2.05, 4.69) is 4.98 Å². The van der Waals surface area contributed by atoms with Crippen molar-refractivity contribution in [3.05, 3.63) is 28.5 Å². The molecule has 118 valence electrons. The van der Waals surface area contributed by atoms with Crippen molar-refractivity contribution in [3.63, 3.8) is 0 Å². The summed E-state index contributed by atoms with van der Waals surface area (Å²) in [5.41, 5.74) is 1.20. The molecule has 0 N–H and O–H groups in total. The maximum atomic E-state index is 11.9. The first-order chi connectivity index (χ1) is 10.0. The summed E-state index contributed by atoms with van der Waals surface area (Å²) in [5.74, 6) is -0.192. The van der Waals surface area contributed by atoms with Crippen molar-refractivity contribution in [3.8, 4) is 0 Å². The molecule has 1 aromatic heterocycles. The lowest BCUT2D eigenvalue weighted by atomic mass is 10.1. The molecule has 0 aliphatic heterocycles. The summed E-state index contributed by atoms with van der Waals surface area (Å²) in [5, 5.41) is 0.302. The number of hydrogen-bond acceptors (Lipinski definition) is 5. The first kappa shape index (κ1) is 17.9. The molecule has 0 atom stereocenters. The fourth-order valence-electron chi connectivity index (χ4n) is 1.58. The second kappa shape index (κ2) is 9.71. The molecule has 0 aliphatic rings. The van der Waals surface area contributed by atoms with Gasteiger partial charge in [0.2, 0.25) is 0 Å². The molecule has 0 aliphatic carbocycles. The van der Waals surface area contributed by atoms with Crippen LogP contribution in [-0.4, -0.2) is 44.5 Å². The molecule has 21 heavy (non-hydrogen) atoms. The minimum atomic E-state index is -0.391. The Morgan fingerprint density at radius 1 is 1.24 bits per heavy atom. The molecule has 0 saturated heterocycles. The molecule has 0 amide bonds. The lowest BCUT2D eigenvalue weighted by Crippen LogP contribution is -2.10. The largest absolute Gasteiger partial charge is 0.462 e. The number of pyridine rings is 1. The lowest BCUT2D eigenvalue weighted by Gasteiger charge is -2.09. The van der Waals surface area contributed by atoms with Gasteiger partial charge in [-0.15, -0.1) is 0 Å². The van der Waals surface area contributed by atoms with E-state index in [1.54, 1.807) is 13.2 Å². The molecule has 6 heteroatoms. The van der Waals surface area contributed by atoms with Gasteiger partial charge in [-0.25, -0.2) is 9.78 Å². The van der Waals surface area contributed by atoms with Gasteiger partial charge in [0.25, 0.3) is 0 Å². The topological polar surface area (TPSA) is 57.7 Å². The van der Waals surface area contributed by atoms with Crippen molar-refractivity contribution in [1.29, 1.82) is 0 Å². The predicted octanol–water partition coefficient (Wildman–Crippen LogP) is 3.07. The Kier molecular flexibility index (Phi) is 8.27. The molecule has 1 aromatic rings. The van der Waals surface area contributed by atoms with Crippen LogP contribution in [-0.2, 0) is 14.2 Å². The van der Waals surface area contributed by atoms with Crippen LogP contribution in [0.4, 0.5) is 0 Å². The second-order valence-corrected chi connectivity index (χ2v) is 5.24. The van der Waals surface area contributed by atoms with Crippen LogP contribution in [0.1, 0.15) is 42.2 Å². The van der Waals surface area contributed by atoms with Gasteiger partial charge in [0.05, 0.1) is 25.4 Å². The minimum Gasteiger partial charge on any atom is -0.462 e. The third-order valence-corrected chi connectivity index (χ3v) is 2.93. The zero-order valence-electron chi connectivity index (χ0n) is 12.7. The van der Waals surface area contributed by atoms with Crippen molar-refractivity contribution < 1.29 is 19.0 Å². The van der Waals surface area contributed by atoms with Gasteiger partial charge in [-0.3, -0.25) is 0 Å². The van der Waals surface area contributed by atoms with E-state index in [-0.39, 0.29) is 5.92 Å². The highest BCUT2D eigenvalue weighted by atomic mass is 35.5. The zero-order valence-corrected chi connectivity index (χ0v) is 13.5. The Labute approximate surface area is 130 Å². The van der Waals surface area contributed by atoms with Crippen molar-refractivity contribution in [2.75, 3.05) is 33.5 Å². The average molecular weight is 316 g/mol. The van der Waals surface area contributed by atoms with Crippen molar-refractivity contribution in [2.24, 2.45) is 0 Å². The zero-order chi connectivity index (χ0) is 15.7. The Hall–Kier alpha value is -1.17. The second-order valence-electron chi connectivity index (χ2n) is 4.85. The highest BCUT2D eigenvalue weighted by Crippen LogP contribution is 2.18. The number of halogens is 1. The summed E-state index contributed by atoms with van der Waals surface area (Å²) in [7, 11) is 1.62. The van der Waals surface area contributed by atoms with Crippen LogP contribution in [0, 0.1) is 0 Å². The SMILES string of the molecule is COCCOCCCOC(=O)c1cc(Cl)nc(C(C)C)c1. The van der Waals surface area contributed by atoms with Gasteiger partial charge in [0, 0.05) is 25.8 Å². The molecule has 1 rings (SSSR count). The van der Waals surface area contributed by atoms with E-state index in [1.807, 2.05) is 13.8 Å². The number of carbonyl (C=O) groups excluding carboxylic acids is 1. The molecular formula is C15H22ClNO4. The standard InChI is InChI=1S/C15H22ClNO4/c1-11(2)13-9-12(10-14(16)17-13)15(18)21-6-4-5-20-8-7-19-3/h9-11H,4-8H2,1-3H3. The van der Waals surface area contributed by atoms with Crippen LogP contribution in [0.5, 0.6) is 0 Å². The van der Waals surface area contributed by atoms with Crippen LogP contribution < -0.4 is 0 Å². The lowest BCUT2D eigenvalue weighted by molar-refractivity contribution is 0.0385. The fourth-order valence-corrected chi connectivity index (χ4v) is 1.80. The van der Waals surface area contributed by atoms with E-state index in [1.165, 1.54) is 6.07 Å². The molecule has 0 spiro atoms. The summed E-state index contributed by atoms with van der Waals surface area (Å²) in [6.45, 7) is 5.93. The Balaban J connectivity index is 2.38. The molecule has 0 aromatic carbocycles. The maximum absolute atomic E-state index is 11.9. The summed E-state index contributed by atoms with van der Waals surface area (Å²) in [4.78, 5) is 16.1. The van der Waals surface area contributed by atoms with E-state index in [0.717, 1.165) is 5.69 Å². The van der Waals surface area contributed by atoms with Crippen LogP contribution in [0.25, 0.3) is 0 Å². The number of ether oxygens (including phenoxy) is 3. The number of methoxy groups -OCH3 is 1. The van der Waals surface area contributed by atoms with E-state index in [0.29, 0.717) is 43.6 Å². The fraction of sp³-hybridized carbons (Fsp3) is 0.600. The molecule has 0 radical (unpaired) electrons. The van der Waals surface area contributed by atoms with Gasteiger partial charge in [-0.1, -0.05) is 25.4 Å². The Morgan fingerprint density at radius 3 is 2.67 bits per heavy atom. The maximum Gasteiger partial charge on any atom is 0.338 e. The Morgan fingerprint density at radius 2 is 2.00 bits per heavy atom. The molecule has 0 bridgehead atoms. The smallest absolute Gasteiger partial charge is 0.338 e. The van der Waals surface area contributed by atoms with Gasteiger partial charge in [0.15, 0.2) is 0 Å². The summed E-state index contributed by atoms with van der Waals surface area (Å²) in [6.07, 6.45) is 0.644. The monoisotopic (exact) mass is 315 g/mol. The summed E-state index contributed by atoms with van der Waals surface area (Å²) < 4.78 is 15.3. The third-order valence-electron chi connectivity index (χ3n) is 2.74. The van der Waals surface area contributed by atoms with E-state index in [4.69, 9.17) is 25.8 Å². The van der Waals surface area contributed by atoms with Crippen molar-refractivity contribution in [1.82, 2.24) is 4.98 Å². The van der Waals surface area contributed by atoms with Crippen LogP contribution >= 0.6 is 11.6 Å². The third kappa shape index (κ3) is 6.89. The molecule has 1 heterocycles. The number of rotatable bonds is 9. The Bertz CT molecular complexity index is 451. The van der Waals surface area contributed by atoms with Crippen LogP contribution in [0.15, 0.2) is 12.1 Å². The van der Waals surface area contributed by atoms with Gasteiger partial charge < -0.3 is 14.2 Å². The quantitative estimate of drug-likeness (QED) is 0.398. The molecule has 0 fully saturated rings. The van der Waals surface area contributed by atoms with E-state index >= 15 is 0 Å². The highest BCUT2D eigenvalue weighted by molar-refractivity contribution is 6.29. The van der Waals surface area contributed by atoms with Gasteiger partial charge >= 0.3 is 5.97 Å². The number of esters is 1. The first-order valence-corrected chi connectivity index (χ1v) is 7.33. The number of hydrogen-bond donors (Lipinski definition) is 0. The molecule has 0 saturated carbocycles. The summed E-state index contributed by atoms with van der Waals surface area (Å²) >= 11 is 5.92. The van der Waals surface area contributed by atoms with E-state index < -0.39 is 5.97 Å². The molecule has 0 unspecified atom stereocenters. The van der Waals surface area contributed by atoms with Crippen molar-refractivity contribution >= 4 is 17.6 Å². The number of nitrogens with zero attached hydrogens (tertiary/aromatic N) is 1. The minimum absolute atomic E-state index is 0.199. The highest BCUT2D eigenvalue weighted by Gasteiger charge is 2.12. The van der Waals surface area contributed by atoms with Gasteiger partial charge in [-0.05, 0) is 18.1 Å². The number of aromatic nitrogens is 1. The normalized spacial score (nSPS) is 10.9. The van der Waals surface area contributed by atoms with Gasteiger partial charge in [0.1, 0.15) is 5.15 Å². The molecule has 5 nitrogen and oxygen atoms in total.